The van der Waals surface area contributed by atoms with E-state index in [9.17, 15) is 13.2 Å². The summed E-state index contributed by atoms with van der Waals surface area (Å²) in [6.07, 6.45) is 7.76. The van der Waals surface area contributed by atoms with E-state index in [1.807, 2.05) is 12.3 Å². The van der Waals surface area contributed by atoms with E-state index in [0.717, 1.165) is 62.3 Å². The van der Waals surface area contributed by atoms with Gasteiger partial charge in [0.1, 0.15) is 5.82 Å². The van der Waals surface area contributed by atoms with Crippen LogP contribution in [0.4, 0.5) is 24.7 Å². The molecule has 0 radical (unpaired) electrons. The third-order valence-corrected chi connectivity index (χ3v) is 7.32. The highest BCUT2D eigenvalue weighted by Crippen LogP contribution is 2.36. The minimum atomic E-state index is -4.29. The summed E-state index contributed by atoms with van der Waals surface area (Å²) in [4.78, 5) is 6.82. The molecule has 1 aliphatic carbocycles. The Morgan fingerprint density at radius 1 is 1.06 bits per heavy atom. The Labute approximate surface area is 207 Å². The van der Waals surface area contributed by atoms with Crippen molar-refractivity contribution in [3.05, 3.63) is 53.7 Å². The molecule has 1 N–H and O–H groups in total. The molecule has 2 fully saturated rings. The van der Waals surface area contributed by atoms with Crippen LogP contribution in [0.2, 0.25) is 0 Å². The van der Waals surface area contributed by atoms with Gasteiger partial charge in [-0.1, -0.05) is 31.6 Å². The van der Waals surface area contributed by atoms with Gasteiger partial charge in [0, 0.05) is 43.0 Å². The molecule has 4 rings (SSSR count). The zero-order valence-corrected chi connectivity index (χ0v) is 20.6. The smallest absolute Gasteiger partial charge is 0.371 e. The Morgan fingerprint density at radius 2 is 1.86 bits per heavy atom. The molecule has 188 valence electrons. The quantitative estimate of drug-likeness (QED) is 0.431. The molecule has 6 heteroatoms. The van der Waals surface area contributed by atoms with Gasteiger partial charge < -0.3 is 10.2 Å². The van der Waals surface area contributed by atoms with Gasteiger partial charge in [-0.3, -0.25) is 0 Å². The molecule has 1 saturated carbocycles. The lowest BCUT2D eigenvalue weighted by molar-refractivity contribution is -0.137. The van der Waals surface area contributed by atoms with E-state index in [0.29, 0.717) is 17.9 Å². The van der Waals surface area contributed by atoms with Gasteiger partial charge in [0.15, 0.2) is 0 Å². The number of anilines is 2. The first-order chi connectivity index (χ1) is 16.9. The number of rotatable bonds is 6. The number of unbranched alkanes of at least 4 members (excludes halogenated alkanes) is 1. The number of nitrogens with zero attached hydrogens (tertiary/aromatic N) is 2. The first-order valence-corrected chi connectivity index (χ1v) is 13.1. The molecule has 2 aliphatic rings. The van der Waals surface area contributed by atoms with Crippen molar-refractivity contribution in [3.8, 4) is 11.8 Å². The largest absolute Gasteiger partial charge is 0.416 e. The minimum absolute atomic E-state index is 0.400. The Morgan fingerprint density at radius 3 is 2.63 bits per heavy atom. The number of hydrogen-bond acceptors (Lipinski definition) is 3. The average Bonchev–Trinajstić information content (AvgIpc) is 2.85. The second-order valence-corrected chi connectivity index (χ2v) is 10.0. The highest BCUT2D eigenvalue weighted by atomic mass is 19.4. The van der Waals surface area contributed by atoms with Gasteiger partial charge in [0.25, 0.3) is 0 Å². The van der Waals surface area contributed by atoms with Crippen LogP contribution in [0.15, 0.2) is 42.6 Å². The molecule has 2 heterocycles. The number of benzene rings is 1. The molecule has 0 spiro atoms. The molecule has 3 atom stereocenters. The molecule has 1 aliphatic heterocycles. The molecule has 1 aromatic carbocycles. The molecule has 2 aromatic rings. The van der Waals surface area contributed by atoms with E-state index in [4.69, 9.17) is 0 Å². The Bertz CT molecular complexity index is 1010. The van der Waals surface area contributed by atoms with Crippen LogP contribution in [-0.4, -0.2) is 24.1 Å². The van der Waals surface area contributed by atoms with Crippen molar-refractivity contribution in [2.45, 2.75) is 76.9 Å². The van der Waals surface area contributed by atoms with Crippen LogP contribution in [0.5, 0.6) is 0 Å². The first-order valence-electron chi connectivity index (χ1n) is 13.1. The fourth-order valence-corrected chi connectivity index (χ4v) is 5.53. The minimum Gasteiger partial charge on any atom is -0.371 e. The number of nitrogens with one attached hydrogen (secondary N) is 1. The van der Waals surface area contributed by atoms with E-state index in [2.05, 4.69) is 40.0 Å². The van der Waals surface area contributed by atoms with Gasteiger partial charge in [-0.2, -0.15) is 13.2 Å². The zero-order chi connectivity index (χ0) is 24.7. The van der Waals surface area contributed by atoms with Gasteiger partial charge in [-0.15, -0.1) is 0 Å². The predicted molar refractivity (Wildman–Crippen MR) is 136 cm³/mol. The van der Waals surface area contributed by atoms with Gasteiger partial charge >= 0.3 is 6.18 Å². The van der Waals surface area contributed by atoms with E-state index in [1.165, 1.54) is 37.8 Å². The Kier molecular flexibility index (Phi) is 8.59. The maximum absolute atomic E-state index is 12.9. The van der Waals surface area contributed by atoms with Gasteiger partial charge in [0.2, 0.25) is 0 Å². The van der Waals surface area contributed by atoms with E-state index < -0.39 is 11.7 Å². The number of pyridine rings is 1. The van der Waals surface area contributed by atoms with Crippen LogP contribution in [0.25, 0.3) is 0 Å². The van der Waals surface area contributed by atoms with Crippen LogP contribution in [0.1, 0.15) is 75.8 Å². The molecule has 0 unspecified atom stereocenters. The van der Waals surface area contributed by atoms with Gasteiger partial charge in [-0.25, -0.2) is 4.98 Å². The summed E-state index contributed by atoms with van der Waals surface area (Å²) in [5.41, 5.74) is 1.31. The fraction of sp³-hybridized carbons (Fsp3) is 0.552. The first kappa shape index (κ1) is 25.4. The summed E-state index contributed by atoms with van der Waals surface area (Å²) >= 11 is 0. The van der Waals surface area contributed by atoms with E-state index in [-0.39, 0.29) is 0 Å². The van der Waals surface area contributed by atoms with Gasteiger partial charge in [0.05, 0.1) is 5.56 Å². The molecule has 1 aromatic heterocycles. The number of alkyl halides is 3. The number of halogens is 3. The fourth-order valence-electron chi connectivity index (χ4n) is 5.53. The second kappa shape index (κ2) is 11.8. The molecule has 35 heavy (non-hydrogen) atoms. The number of hydrogen-bond donors (Lipinski definition) is 1. The van der Waals surface area contributed by atoms with E-state index >= 15 is 0 Å². The van der Waals surface area contributed by atoms with Crippen LogP contribution < -0.4 is 10.2 Å². The molecule has 0 bridgehead atoms. The van der Waals surface area contributed by atoms with Gasteiger partial charge in [-0.05, 0) is 86.8 Å². The summed E-state index contributed by atoms with van der Waals surface area (Å²) in [6.45, 7) is 3.95. The summed E-state index contributed by atoms with van der Waals surface area (Å²) < 4.78 is 38.8. The summed E-state index contributed by atoms with van der Waals surface area (Å²) in [7, 11) is 0. The van der Waals surface area contributed by atoms with Crippen molar-refractivity contribution in [3.63, 3.8) is 0 Å². The molecule has 0 amide bonds. The van der Waals surface area contributed by atoms with Crippen molar-refractivity contribution in [1.82, 2.24) is 4.98 Å². The number of aromatic nitrogens is 1. The van der Waals surface area contributed by atoms with Crippen LogP contribution in [-0.2, 0) is 6.18 Å². The second-order valence-electron chi connectivity index (χ2n) is 10.0. The normalized spacial score (nSPS) is 22.9. The summed E-state index contributed by atoms with van der Waals surface area (Å²) in [5.74, 6) is 8.48. The lowest BCUT2D eigenvalue weighted by atomic mass is 9.77. The van der Waals surface area contributed by atoms with Crippen LogP contribution in [0, 0.1) is 23.7 Å². The lowest BCUT2D eigenvalue weighted by Crippen LogP contribution is -2.39. The molecular formula is C29H36F3N3. The van der Waals surface area contributed by atoms with Crippen molar-refractivity contribution >= 4 is 11.5 Å². The summed E-state index contributed by atoms with van der Waals surface area (Å²) in [5, 5.41) is 3.72. The monoisotopic (exact) mass is 483 g/mol. The van der Waals surface area contributed by atoms with Crippen molar-refractivity contribution in [2.75, 3.05) is 23.3 Å². The SMILES string of the molecule is CCCC#Cc1ccnc(N[C@@H]2CCCC[C@H]2C[C@H]2CCCN(c3ccc(C(F)(F)F)cc3)C2)c1. The lowest BCUT2D eigenvalue weighted by Gasteiger charge is -2.39. The maximum Gasteiger partial charge on any atom is 0.416 e. The Balaban J connectivity index is 1.37. The van der Waals surface area contributed by atoms with Crippen molar-refractivity contribution in [2.24, 2.45) is 11.8 Å². The maximum atomic E-state index is 12.9. The highest BCUT2D eigenvalue weighted by Gasteiger charge is 2.32. The highest BCUT2D eigenvalue weighted by molar-refractivity contribution is 5.48. The van der Waals surface area contributed by atoms with E-state index in [1.54, 1.807) is 12.1 Å². The third kappa shape index (κ3) is 7.16. The van der Waals surface area contributed by atoms with Crippen LogP contribution >= 0.6 is 0 Å². The third-order valence-electron chi connectivity index (χ3n) is 7.32. The molecule has 1 saturated heterocycles. The Hall–Kier alpha value is -2.68. The molecular weight excluding hydrogens is 447 g/mol. The van der Waals surface area contributed by atoms with Crippen molar-refractivity contribution in [1.29, 1.82) is 0 Å². The zero-order valence-electron chi connectivity index (χ0n) is 20.6. The topological polar surface area (TPSA) is 28.2 Å². The molecule has 3 nitrogen and oxygen atoms in total. The number of piperidine rings is 1. The average molecular weight is 484 g/mol. The summed E-state index contributed by atoms with van der Waals surface area (Å²) in [6, 6.07) is 10.1. The van der Waals surface area contributed by atoms with Crippen LogP contribution in [0.3, 0.4) is 0 Å². The predicted octanol–water partition coefficient (Wildman–Crippen LogP) is 7.53. The standard InChI is InChI=1S/C29H36F3N3/c1-2-3-4-8-22-16-17-33-28(20-22)34-27-11-6-5-10-24(27)19-23-9-7-18-35(21-23)26-14-12-25(13-15-26)29(30,31)32/h12-17,20,23-24,27H,2-3,5-7,9-11,18-19,21H2,1H3,(H,33,34)/t23-,24+,27-/m1/s1. The van der Waals surface area contributed by atoms with Crippen molar-refractivity contribution < 1.29 is 13.2 Å².